The minimum absolute atomic E-state index is 0.223. The zero-order valence-electron chi connectivity index (χ0n) is 19.7. The van der Waals surface area contributed by atoms with Gasteiger partial charge in [0.2, 0.25) is 11.9 Å². The first kappa shape index (κ1) is 25.1. The summed E-state index contributed by atoms with van der Waals surface area (Å²) in [5, 5.41) is 5.77. The molecule has 3 aromatic rings. The van der Waals surface area contributed by atoms with Crippen LogP contribution in [0.15, 0.2) is 64.1 Å². The van der Waals surface area contributed by atoms with Gasteiger partial charge in [-0.15, -0.1) is 0 Å². The Morgan fingerprint density at radius 1 is 1.09 bits per heavy atom. The van der Waals surface area contributed by atoms with Crippen molar-refractivity contribution >= 4 is 54.8 Å². The molecule has 0 unspecified atom stereocenters. The summed E-state index contributed by atoms with van der Waals surface area (Å²) in [5.41, 5.74) is 2.42. The van der Waals surface area contributed by atoms with Crippen LogP contribution in [0.3, 0.4) is 0 Å². The third-order valence-electron chi connectivity index (χ3n) is 5.86. The van der Waals surface area contributed by atoms with Crippen LogP contribution in [0.25, 0.3) is 0 Å². The summed E-state index contributed by atoms with van der Waals surface area (Å²) >= 11 is 3.44. The lowest BCUT2D eigenvalue weighted by Crippen LogP contribution is -2.26. The van der Waals surface area contributed by atoms with Crippen LogP contribution < -0.4 is 10.6 Å². The molecule has 0 atom stereocenters. The highest BCUT2D eigenvalue weighted by Crippen LogP contribution is 2.30. The lowest BCUT2D eigenvalue weighted by molar-refractivity contribution is -0.127. The number of aromatic nitrogens is 2. The first-order valence-electron chi connectivity index (χ1n) is 11.5. The van der Waals surface area contributed by atoms with Crippen LogP contribution in [0, 0.1) is 0 Å². The van der Waals surface area contributed by atoms with E-state index in [0.29, 0.717) is 28.3 Å². The zero-order valence-corrected chi connectivity index (χ0v) is 22.1. The Hall–Kier alpha value is -2.98. The van der Waals surface area contributed by atoms with Gasteiger partial charge in [0.25, 0.3) is 0 Å². The number of benzene rings is 2. The van der Waals surface area contributed by atoms with Crippen LogP contribution in [0.5, 0.6) is 0 Å². The van der Waals surface area contributed by atoms with Gasteiger partial charge in [-0.2, -0.15) is 4.98 Å². The number of likely N-dealkylation sites (tertiary alicyclic amines) is 1. The summed E-state index contributed by atoms with van der Waals surface area (Å²) in [6.45, 7) is 4.91. The molecule has 1 fully saturated rings. The van der Waals surface area contributed by atoms with Crippen molar-refractivity contribution in [1.29, 1.82) is 0 Å². The summed E-state index contributed by atoms with van der Waals surface area (Å²) in [6, 6.07) is 14.7. The average Bonchev–Trinajstić information content (AvgIpc) is 3.25. The van der Waals surface area contributed by atoms with E-state index in [2.05, 4.69) is 36.5 Å². The maximum atomic E-state index is 12.8. The molecule has 2 heterocycles. The third-order valence-corrected chi connectivity index (χ3v) is 8.65. The molecule has 2 aromatic carbocycles. The second-order valence-electron chi connectivity index (χ2n) is 8.66. The summed E-state index contributed by atoms with van der Waals surface area (Å²) < 4.78 is 26.2. The number of halogens is 1. The van der Waals surface area contributed by atoms with E-state index in [0.717, 1.165) is 37.2 Å². The van der Waals surface area contributed by atoms with Crippen molar-refractivity contribution in [3.05, 3.63) is 64.8 Å². The van der Waals surface area contributed by atoms with Gasteiger partial charge in [0.15, 0.2) is 9.84 Å². The van der Waals surface area contributed by atoms with E-state index in [1.807, 2.05) is 29.2 Å². The molecule has 0 saturated carbocycles. The van der Waals surface area contributed by atoms with Crippen molar-refractivity contribution < 1.29 is 13.2 Å². The molecule has 8 nitrogen and oxygen atoms in total. The van der Waals surface area contributed by atoms with Crippen molar-refractivity contribution in [2.45, 2.75) is 43.3 Å². The van der Waals surface area contributed by atoms with Gasteiger partial charge in [0, 0.05) is 31.4 Å². The van der Waals surface area contributed by atoms with Gasteiger partial charge in [-0.05, 0) is 72.4 Å². The van der Waals surface area contributed by atoms with Crippen LogP contribution in [-0.4, -0.2) is 47.5 Å². The number of para-hydroxylation sites is 1. The van der Waals surface area contributed by atoms with Crippen molar-refractivity contribution in [2.75, 3.05) is 23.7 Å². The lowest BCUT2D eigenvalue weighted by atomic mass is 10.1. The molecule has 1 aromatic heterocycles. The Balaban J connectivity index is 1.46. The third kappa shape index (κ3) is 5.99. The van der Waals surface area contributed by atoms with Crippen molar-refractivity contribution in [3.63, 3.8) is 0 Å². The average molecular weight is 559 g/mol. The fourth-order valence-electron chi connectivity index (χ4n) is 3.80. The Morgan fingerprint density at radius 3 is 2.51 bits per heavy atom. The predicted molar refractivity (Wildman–Crippen MR) is 141 cm³/mol. The normalized spacial score (nSPS) is 13.9. The molecule has 184 valence electrons. The van der Waals surface area contributed by atoms with Crippen LogP contribution in [-0.2, 0) is 21.1 Å². The molecule has 0 radical (unpaired) electrons. The van der Waals surface area contributed by atoms with Gasteiger partial charge >= 0.3 is 0 Å². The Morgan fingerprint density at radius 2 is 1.83 bits per heavy atom. The van der Waals surface area contributed by atoms with Gasteiger partial charge in [-0.1, -0.05) is 24.3 Å². The summed E-state index contributed by atoms with van der Waals surface area (Å²) in [5.74, 6) is 1.06. The molecule has 10 heteroatoms. The minimum Gasteiger partial charge on any atom is -0.342 e. The van der Waals surface area contributed by atoms with Crippen molar-refractivity contribution in [3.8, 4) is 0 Å². The highest BCUT2D eigenvalue weighted by Gasteiger charge is 2.23. The fourth-order valence-corrected chi connectivity index (χ4v) is 5.29. The number of nitrogens with zero attached hydrogens (tertiary/aromatic N) is 3. The Bertz CT molecular complexity index is 1310. The summed E-state index contributed by atoms with van der Waals surface area (Å²) in [7, 11) is -3.48. The molecule has 4 rings (SSSR count). The van der Waals surface area contributed by atoms with Crippen LogP contribution in [0.4, 0.5) is 23.1 Å². The largest absolute Gasteiger partial charge is 0.342 e. The molecular weight excluding hydrogens is 530 g/mol. The highest BCUT2D eigenvalue weighted by molar-refractivity contribution is 9.10. The molecule has 35 heavy (non-hydrogen) atoms. The second kappa shape index (κ2) is 10.7. The number of anilines is 4. The lowest BCUT2D eigenvalue weighted by Gasteiger charge is -2.16. The number of amides is 1. The predicted octanol–water partition coefficient (Wildman–Crippen LogP) is 5.07. The van der Waals surface area contributed by atoms with Gasteiger partial charge in [0.05, 0.1) is 20.3 Å². The summed E-state index contributed by atoms with van der Waals surface area (Å²) in [6.07, 6.45) is 4.03. The maximum Gasteiger partial charge on any atom is 0.229 e. The van der Waals surface area contributed by atoms with Gasteiger partial charge in [0.1, 0.15) is 5.82 Å². The number of carbonyl (C=O) groups excluding carboxylic acids is 1. The number of rotatable bonds is 9. The molecule has 1 aliphatic heterocycles. The molecular formula is C25H28BrN5O3S. The monoisotopic (exact) mass is 557 g/mol. The molecule has 1 amide bonds. The topological polar surface area (TPSA) is 104 Å². The zero-order chi connectivity index (χ0) is 25.0. The van der Waals surface area contributed by atoms with E-state index in [1.54, 1.807) is 44.3 Å². The maximum absolute atomic E-state index is 12.8. The first-order chi connectivity index (χ1) is 16.7. The smallest absolute Gasteiger partial charge is 0.229 e. The number of nitrogens with one attached hydrogen (secondary N) is 2. The van der Waals surface area contributed by atoms with Gasteiger partial charge in [-0.3, -0.25) is 4.79 Å². The molecule has 1 aliphatic rings. The minimum atomic E-state index is -3.48. The van der Waals surface area contributed by atoms with E-state index in [9.17, 15) is 13.2 Å². The Kier molecular flexibility index (Phi) is 7.71. The molecule has 2 N–H and O–H groups in total. The van der Waals surface area contributed by atoms with Crippen molar-refractivity contribution in [2.24, 2.45) is 0 Å². The second-order valence-corrected chi connectivity index (χ2v) is 12.0. The van der Waals surface area contributed by atoms with Gasteiger partial charge < -0.3 is 15.5 Å². The summed E-state index contributed by atoms with van der Waals surface area (Å²) in [4.78, 5) is 22.8. The fraction of sp³-hybridized carbons (Fsp3) is 0.320. The number of hydrogen-bond acceptors (Lipinski definition) is 7. The number of carbonyl (C=O) groups is 1. The molecule has 0 bridgehead atoms. The van der Waals surface area contributed by atoms with E-state index >= 15 is 0 Å². The van der Waals surface area contributed by atoms with Crippen LogP contribution >= 0.6 is 15.9 Å². The molecule has 0 spiro atoms. The number of hydrogen-bond donors (Lipinski definition) is 2. The van der Waals surface area contributed by atoms with E-state index in [-0.39, 0.29) is 10.8 Å². The van der Waals surface area contributed by atoms with Gasteiger partial charge in [-0.25, -0.2) is 13.4 Å². The number of sulfone groups is 1. The first-order valence-corrected chi connectivity index (χ1v) is 13.8. The Labute approximate surface area is 214 Å². The van der Waals surface area contributed by atoms with E-state index in [4.69, 9.17) is 0 Å². The molecule has 0 aliphatic carbocycles. The van der Waals surface area contributed by atoms with E-state index in [1.165, 1.54) is 0 Å². The van der Waals surface area contributed by atoms with Crippen molar-refractivity contribution in [1.82, 2.24) is 14.9 Å². The SMILES string of the molecule is CC(C)S(=O)(=O)c1ccccc1Nc1nc(Nc2ccc(CCN3CCCC3=O)cc2)ncc1Br. The van der Waals surface area contributed by atoms with Crippen LogP contribution in [0.1, 0.15) is 32.3 Å². The van der Waals surface area contributed by atoms with Crippen LogP contribution in [0.2, 0.25) is 0 Å². The highest BCUT2D eigenvalue weighted by atomic mass is 79.9. The quantitative estimate of drug-likeness (QED) is 0.378. The molecule has 1 saturated heterocycles. The van der Waals surface area contributed by atoms with E-state index < -0.39 is 15.1 Å². The standard InChI is InChI=1S/C25H28BrN5O3S/c1-17(2)35(33,34)22-7-4-3-6-21(22)29-24-20(26)16-27-25(30-24)28-19-11-9-18(10-12-19)13-15-31-14-5-8-23(31)32/h3-4,6-7,9-12,16-17H,5,8,13-15H2,1-2H3,(H2,27,28,29,30).